The average molecular weight is 364 g/mol. The van der Waals surface area contributed by atoms with Crippen molar-refractivity contribution in [1.82, 2.24) is 14.7 Å². The predicted molar refractivity (Wildman–Crippen MR) is 97.0 cm³/mol. The molecule has 2 heterocycles. The van der Waals surface area contributed by atoms with Crippen molar-refractivity contribution in [2.45, 2.75) is 13.3 Å². The zero-order chi connectivity index (χ0) is 17.3. The zero-order valence-corrected chi connectivity index (χ0v) is 14.8. The molecule has 2 aromatic rings. The molecule has 134 valence electrons. The summed E-state index contributed by atoms with van der Waals surface area (Å²) in [5.41, 5.74) is 12.3. The molecule has 1 fully saturated rings. The van der Waals surface area contributed by atoms with Crippen LogP contribution in [0.2, 0.25) is 0 Å². The summed E-state index contributed by atoms with van der Waals surface area (Å²) in [6, 6.07) is 10.6. The predicted octanol–water partition coefficient (Wildman–Crippen LogP) is 1.20. The van der Waals surface area contributed by atoms with Gasteiger partial charge in [-0.3, -0.25) is 9.59 Å². The fourth-order valence-electron chi connectivity index (χ4n) is 2.95. The Morgan fingerprint density at radius 1 is 1.28 bits per heavy atom. The van der Waals surface area contributed by atoms with Crippen LogP contribution in [-0.4, -0.2) is 46.1 Å². The Labute approximate surface area is 152 Å². The lowest BCUT2D eigenvalue weighted by molar-refractivity contribution is 0.0770. The number of rotatable bonds is 4. The van der Waals surface area contributed by atoms with Crippen LogP contribution in [0.3, 0.4) is 0 Å². The molecule has 1 aliphatic heterocycles. The minimum Gasteiger partial charge on any atom is -0.364 e. The Hall–Kier alpha value is -2.38. The van der Waals surface area contributed by atoms with Gasteiger partial charge < -0.3 is 16.4 Å². The van der Waals surface area contributed by atoms with Gasteiger partial charge in [-0.1, -0.05) is 25.1 Å². The van der Waals surface area contributed by atoms with Gasteiger partial charge in [-0.05, 0) is 30.5 Å². The van der Waals surface area contributed by atoms with E-state index in [1.165, 1.54) is 10.7 Å². The molecule has 0 saturated carbocycles. The lowest BCUT2D eigenvalue weighted by atomic mass is 9.90. The summed E-state index contributed by atoms with van der Waals surface area (Å²) in [4.78, 5) is 26.2. The topological polar surface area (TPSA) is 107 Å². The number of carbonyl (C=O) groups is 2. The van der Waals surface area contributed by atoms with Crippen molar-refractivity contribution in [3.05, 3.63) is 47.8 Å². The normalized spacial score (nSPS) is 19.5. The molecule has 0 spiro atoms. The molecule has 7 nitrogen and oxygen atoms in total. The number of hydrogen-bond donors (Lipinski definition) is 2. The van der Waals surface area contributed by atoms with Crippen LogP contribution >= 0.6 is 12.4 Å². The van der Waals surface area contributed by atoms with Gasteiger partial charge in [-0.15, -0.1) is 12.4 Å². The van der Waals surface area contributed by atoms with E-state index in [-0.39, 0.29) is 35.1 Å². The van der Waals surface area contributed by atoms with Gasteiger partial charge in [0.15, 0.2) is 5.69 Å². The third-order valence-electron chi connectivity index (χ3n) is 4.52. The zero-order valence-electron chi connectivity index (χ0n) is 14.0. The van der Waals surface area contributed by atoms with Crippen molar-refractivity contribution in [2.24, 2.45) is 16.9 Å². The van der Waals surface area contributed by atoms with E-state index in [2.05, 4.69) is 12.0 Å². The Morgan fingerprint density at radius 3 is 2.52 bits per heavy atom. The summed E-state index contributed by atoms with van der Waals surface area (Å²) in [6.07, 6.45) is 0.858. The van der Waals surface area contributed by atoms with Gasteiger partial charge in [0.1, 0.15) is 5.69 Å². The number of hydrogen-bond acceptors (Lipinski definition) is 4. The maximum Gasteiger partial charge on any atom is 0.274 e. The number of carbonyl (C=O) groups excluding carboxylic acids is 2. The first kappa shape index (κ1) is 19.0. The molecule has 0 aliphatic carbocycles. The molecular weight excluding hydrogens is 342 g/mol. The van der Waals surface area contributed by atoms with E-state index in [9.17, 15) is 9.59 Å². The largest absolute Gasteiger partial charge is 0.364 e. The van der Waals surface area contributed by atoms with E-state index in [1.54, 1.807) is 17.0 Å². The average Bonchev–Trinajstić information content (AvgIpc) is 3.20. The minimum atomic E-state index is -0.626. The molecule has 1 saturated heterocycles. The molecule has 1 atom stereocenters. The Bertz CT molecular complexity index is 777. The molecule has 0 radical (unpaired) electrons. The quantitative estimate of drug-likeness (QED) is 0.850. The molecule has 4 N–H and O–H groups in total. The highest BCUT2D eigenvalue weighted by molar-refractivity contribution is 5.97. The molecule has 1 aromatic carbocycles. The highest BCUT2D eigenvalue weighted by Gasteiger charge is 2.36. The van der Waals surface area contributed by atoms with Gasteiger partial charge in [0.2, 0.25) is 0 Å². The molecule has 1 aliphatic rings. The summed E-state index contributed by atoms with van der Waals surface area (Å²) < 4.78 is 1.41. The lowest BCUT2D eigenvalue weighted by Crippen LogP contribution is -2.34. The Morgan fingerprint density at radius 2 is 1.96 bits per heavy atom. The monoisotopic (exact) mass is 363 g/mol. The van der Waals surface area contributed by atoms with Crippen LogP contribution < -0.4 is 11.5 Å². The third-order valence-corrected chi connectivity index (χ3v) is 4.52. The van der Waals surface area contributed by atoms with Gasteiger partial charge in [-0.2, -0.15) is 5.10 Å². The second kappa shape index (κ2) is 7.25. The van der Waals surface area contributed by atoms with E-state index in [1.807, 2.05) is 18.2 Å². The van der Waals surface area contributed by atoms with Crippen molar-refractivity contribution < 1.29 is 9.59 Å². The van der Waals surface area contributed by atoms with Crippen LogP contribution in [0.4, 0.5) is 0 Å². The molecule has 2 amide bonds. The van der Waals surface area contributed by atoms with Crippen molar-refractivity contribution in [3.63, 3.8) is 0 Å². The van der Waals surface area contributed by atoms with Crippen LogP contribution in [0.15, 0.2) is 36.4 Å². The summed E-state index contributed by atoms with van der Waals surface area (Å²) in [5.74, 6) is -0.831. The van der Waals surface area contributed by atoms with E-state index in [0.717, 1.165) is 6.42 Å². The Balaban J connectivity index is 0.00000225. The lowest BCUT2D eigenvalue weighted by Gasteiger charge is -2.22. The number of benzene rings is 1. The summed E-state index contributed by atoms with van der Waals surface area (Å²) in [6.45, 7) is 3.82. The number of primary amides is 1. The maximum absolute atomic E-state index is 12.7. The highest BCUT2D eigenvalue weighted by Crippen LogP contribution is 2.29. The molecule has 3 rings (SSSR count). The highest BCUT2D eigenvalue weighted by atomic mass is 35.5. The second-order valence-corrected chi connectivity index (χ2v) is 6.52. The number of nitrogens with zero attached hydrogens (tertiary/aromatic N) is 3. The molecular formula is C17H22ClN5O2. The van der Waals surface area contributed by atoms with Crippen LogP contribution in [0.5, 0.6) is 0 Å². The number of nitrogens with two attached hydrogens (primary N) is 2. The first-order valence-corrected chi connectivity index (χ1v) is 7.88. The maximum atomic E-state index is 12.7. The Kier molecular flexibility index (Phi) is 5.49. The van der Waals surface area contributed by atoms with Crippen molar-refractivity contribution in [2.75, 3.05) is 19.6 Å². The molecule has 0 bridgehead atoms. The van der Waals surface area contributed by atoms with Gasteiger partial charge in [0.25, 0.3) is 11.8 Å². The van der Waals surface area contributed by atoms with Crippen molar-refractivity contribution >= 4 is 24.2 Å². The minimum absolute atomic E-state index is 0. The summed E-state index contributed by atoms with van der Waals surface area (Å²) >= 11 is 0. The van der Waals surface area contributed by atoms with Gasteiger partial charge in [-0.25, -0.2) is 4.68 Å². The second-order valence-electron chi connectivity index (χ2n) is 6.52. The summed E-state index contributed by atoms with van der Waals surface area (Å²) in [5, 5.41) is 4.31. The number of para-hydroxylation sites is 1. The van der Waals surface area contributed by atoms with Crippen molar-refractivity contribution in [3.8, 4) is 5.69 Å². The van der Waals surface area contributed by atoms with Crippen LogP contribution in [0, 0.1) is 5.41 Å². The van der Waals surface area contributed by atoms with Crippen LogP contribution in [0.25, 0.3) is 5.69 Å². The number of aromatic nitrogens is 2. The standard InChI is InChI=1S/C17H21N5O2.ClH/c1-17(10-18)7-8-21(11-17)16(24)13-9-14(15(19)23)22(20-13)12-5-3-2-4-6-12;/h2-6,9H,7-8,10-11,18H2,1H3,(H2,19,23);1H. The van der Waals surface area contributed by atoms with Crippen LogP contribution in [0.1, 0.15) is 34.3 Å². The van der Waals surface area contributed by atoms with E-state index in [0.29, 0.717) is 25.3 Å². The fourth-order valence-corrected chi connectivity index (χ4v) is 2.95. The van der Waals surface area contributed by atoms with Gasteiger partial charge >= 0.3 is 0 Å². The molecule has 8 heteroatoms. The van der Waals surface area contributed by atoms with E-state index >= 15 is 0 Å². The first-order valence-electron chi connectivity index (χ1n) is 7.88. The molecule has 1 unspecified atom stereocenters. The first-order chi connectivity index (χ1) is 11.4. The third kappa shape index (κ3) is 3.67. The van der Waals surface area contributed by atoms with Crippen molar-refractivity contribution in [1.29, 1.82) is 0 Å². The number of likely N-dealkylation sites (tertiary alicyclic amines) is 1. The van der Waals surface area contributed by atoms with Gasteiger partial charge in [0.05, 0.1) is 5.69 Å². The number of amides is 2. The SMILES string of the molecule is CC1(CN)CCN(C(=O)c2cc(C(N)=O)n(-c3ccccc3)n2)C1.Cl. The van der Waals surface area contributed by atoms with E-state index in [4.69, 9.17) is 11.5 Å². The fraction of sp³-hybridized carbons (Fsp3) is 0.353. The summed E-state index contributed by atoms with van der Waals surface area (Å²) in [7, 11) is 0. The molecule has 1 aromatic heterocycles. The number of halogens is 1. The smallest absolute Gasteiger partial charge is 0.274 e. The van der Waals surface area contributed by atoms with E-state index < -0.39 is 5.91 Å². The van der Waals surface area contributed by atoms with Gasteiger partial charge in [0, 0.05) is 19.2 Å². The van der Waals surface area contributed by atoms with Crippen LogP contribution in [-0.2, 0) is 0 Å². The molecule has 25 heavy (non-hydrogen) atoms.